The minimum atomic E-state index is 0.0000617. The second kappa shape index (κ2) is 8.91. The summed E-state index contributed by atoms with van der Waals surface area (Å²) in [6, 6.07) is 7.55. The Bertz CT molecular complexity index is 355. The smallest absolute Gasteiger partial charge is 0.233 e. The van der Waals surface area contributed by atoms with E-state index in [1.165, 1.54) is 0 Å². The Labute approximate surface area is 113 Å². The molecule has 0 aromatic heterocycles. The van der Waals surface area contributed by atoms with Crippen LogP contribution in [0.25, 0.3) is 0 Å². The Hall–Kier alpha value is -1.10. The third kappa shape index (κ3) is 6.59. The maximum Gasteiger partial charge on any atom is 0.233 e. The standard InChI is InChI=1S/C13H19ClN2O2/c1-18-8-2-7-16-13(17)10-15-9-11-3-5-12(14)6-4-11/h3-6,15H,2,7-10H2,1H3,(H,16,17). The van der Waals surface area contributed by atoms with E-state index >= 15 is 0 Å². The first-order chi connectivity index (χ1) is 8.72. The van der Waals surface area contributed by atoms with Crippen molar-refractivity contribution in [1.82, 2.24) is 10.6 Å². The van der Waals surface area contributed by atoms with Crippen LogP contribution in [-0.4, -0.2) is 32.7 Å². The molecule has 0 saturated carbocycles. The number of methoxy groups -OCH3 is 1. The van der Waals surface area contributed by atoms with Crippen molar-refractivity contribution in [2.45, 2.75) is 13.0 Å². The molecule has 0 aliphatic rings. The molecule has 0 aliphatic carbocycles. The summed E-state index contributed by atoms with van der Waals surface area (Å²) in [5.41, 5.74) is 1.10. The van der Waals surface area contributed by atoms with Crippen LogP contribution in [0.1, 0.15) is 12.0 Å². The van der Waals surface area contributed by atoms with E-state index in [2.05, 4.69) is 10.6 Å². The summed E-state index contributed by atoms with van der Waals surface area (Å²) in [5.74, 6) is 0.0000617. The predicted octanol–water partition coefficient (Wildman–Crippen LogP) is 1.58. The predicted molar refractivity (Wildman–Crippen MR) is 72.7 cm³/mol. The number of nitrogens with one attached hydrogen (secondary N) is 2. The molecule has 2 N–H and O–H groups in total. The molecule has 0 saturated heterocycles. The van der Waals surface area contributed by atoms with Gasteiger partial charge >= 0.3 is 0 Å². The van der Waals surface area contributed by atoms with E-state index in [1.807, 2.05) is 24.3 Å². The van der Waals surface area contributed by atoms with E-state index in [1.54, 1.807) is 7.11 Å². The van der Waals surface area contributed by atoms with Crippen molar-refractivity contribution in [1.29, 1.82) is 0 Å². The molecule has 0 fully saturated rings. The van der Waals surface area contributed by atoms with Crippen LogP contribution in [0.3, 0.4) is 0 Å². The van der Waals surface area contributed by atoms with Crippen LogP contribution >= 0.6 is 11.6 Å². The van der Waals surface area contributed by atoms with Crippen LogP contribution < -0.4 is 10.6 Å². The van der Waals surface area contributed by atoms with E-state index in [-0.39, 0.29) is 5.91 Å². The molecular weight excluding hydrogens is 252 g/mol. The molecule has 1 aromatic carbocycles. The lowest BCUT2D eigenvalue weighted by atomic mass is 10.2. The molecule has 1 amide bonds. The number of carbonyl (C=O) groups is 1. The second-order valence-corrected chi connectivity index (χ2v) is 4.36. The zero-order chi connectivity index (χ0) is 13.2. The minimum absolute atomic E-state index is 0.0000617. The highest BCUT2D eigenvalue weighted by molar-refractivity contribution is 6.30. The fraction of sp³-hybridized carbons (Fsp3) is 0.462. The van der Waals surface area contributed by atoms with Gasteiger partial charge in [0.1, 0.15) is 0 Å². The number of amides is 1. The van der Waals surface area contributed by atoms with Crippen molar-refractivity contribution in [3.63, 3.8) is 0 Å². The quantitative estimate of drug-likeness (QED) is 0.705. The Morgan fingerprint density at radius 3 is 2.72 bits per heavy atom. The van der Waals surface area contributed by atoms with Crippen LogP contribution in [0.5, 0.6) is 0 Å². The van der Waals surface area contributed by atoms with Crippen LogP contribution in [0.2, 0.25) is 5.02 Å². The summed E-state index contributed by atoms with van der Waals surface area (Å²) in [6.45, 7) is 2.28. The molecule has 0 heterocycles. The summed E-state index contributed by atoms with van der Waals surface area (Å²) < 4.78 is 4.89. The van der Waals surface area contributed by atoms with Crippen LogP contribution in [0.4, 0.5) is 0 Å². The van der Waals surface area contributed by atoms with Crippen molar-refractivity contribution in [2.75, 3.05) is 26.8 Å². The summed E-state index contributed by atoms with van der Waals surface area (Å²) in [6.07, 6.45) is 0.833. The van der Waals surface area contributed by atoms with Gasteiger partial charge in [-0.2, -0.15) is 0 Å². The van der Waals surface area contributed by atoms with Crippen LogP contribution in [-0.2, 0) is 16.1 Å². The number of hydrogen-bond donors (Lipinski definition) is 2. The lowest BCUT2D eigenvalue weighted by Gasteiger charge is -2.06. The topological polar surface area (TPSA) is 50.4 Å². The van der Waals surface area contributed by atoms with Gasteiger partial charge in [-0.3, -0.25) is 4.79 Å². The third-order valence-electron chi connectivity index (χ3n) is 2.38. The van der Waals surface area contributed by atoms with Crippen LogP contribution in [0.15, 0.2) is 24.3 Å². The molecule has 1 rings (SSSR count). The highest BCUT2D eigenvalue weighted by atomic mass is 35.5. The monoisotopic (exact) mass is 270 g/mol. The number of rotatable bonds is 8. The van der Waals surface area contributed by atoms with Gasteiger partial charge in [-0.25, -0.2) is 0 Å². The average Bonchev–Trinajstić information content (AvgIpc) is 2.37. The Kier molecular flexibility index (Phi) is 7.41. The molecule has 0 radical (unpaired) electrons. The Morgan fingerprint density at radius 1 is 1.33 bits per heavy atom. The number of benzene rings is 1. The Morgan fingerprint density at radius 2 is 2.06 bits per heavy atom. The highest BCUT2D eigenvalue weighted by Crippen LogP contribution is 2.08. The van der Waals surface area contributed by atoms with Crippen molar-refractivity contribution >= 4 is 17.5 Å². The molecule has 0 unspecified atom stereocenters. The van der Waals surface area contributed by atoms with Gasteiger partial charge < -0.3 is 15.4 Å². The van der Waals surface area contributed by atoms with Gasteiger partial charge in [0.2, 0.25) is 5.91 Å². The second-order valence-electron chi connectivity index (χ2n) is 3.93. The van der Waals surface area contributed by atoms with Crippen molar-refractivity contribution in [2.24, 2.45) is 0 Å². The highest BCUT2D eigenvalue weighted by Gasteiger charge is 2.00. The molecule has 1 aromatic rings. The molecule has 5 heteroatoms. The lowest BCUT2D eigenvalue weighted by Crippen LogP contribution is -2.34. The van der Waals surface area contributed by atoms with E-state index < -0.39 is 0 Å². The number of carbonyl (C=O) groups excluding carboxylic acids is 1. The van der Waals surface area contributed by atoms with Crippen molar-refractivity contribution in [3.8, 4) is 0 Å². The van der Waals surface area contributed by atoms with Crippen LogP contribution in [0, 0.1) is 0 Å². The van der Waals surface area contributed by atoms with Gasteiger partial charge in [-0.05, 0) is 24.1 Å². The van der Waals surface area contributed by atoms with Crippen molar-refractivity contribution in [3.05, 3.63) is 34.9 Å². The molecular formula is C13H19ClN2O2. The fourth-order valence-electron chi connectivity index (χ4n) is 1.43. The maximum atomic E-state index is 11.4. The third-order valence-corrected chi connectivity index (χ3v) is 2.63. The van der Waals surface area contributed by atoms with Gasteiger partial charge in [0.25, 0.3) is 0 Å². The first kappa shape index (κ1) is 15.0. The summed E-state index contributed by atoms with van der Waals surface area (Å²) in [5, 5.41) is 6.60. The molecule has 0 aliphatic heterocycles. The van der Waals surface area contributed by atoms with E-state index in [4.69, 9.17) is 16.3 Å². The summed E-state index contributed by atoms with van der Waals surface area (Å²) >= 11 is 5.78. The van der Waals surface area contributed by atoms with Gasteiger partial charge in [0.05, 0.1) is 6.54 Å². The number of halogens is 1. The minimum Gasteiger partial charge on any atom is -0.385 e. The molecule has 4 nitrogen and oxygen atoms in total. The zero-order valence-electron chi connectivity index (χ0n) is 10.5. The zero-order valence-corrected chi connectivity index (χ0v) is 11.3. The normalized spacial score (nSPS) is 10.3. The lowest BCUT2D eigenvalue weighted by molar-refractivity contribution is -0.120. The number of ether oxygens (including phenoxy) is 1. The Balaban J connectivity index is 2.10. The summed E-state index contributed by atoms with van der Waals surface area (Å²) in [7, 11) is 1.65. The summed E-state index contributed by atoms with van der Waals surface area (Å²) in [4.78, 5) is 11.4. The molecule has 0 spiro atoms. The molecule has 100 valence electrons. The fourth-order valence-corrected chi connectivity index (χ4v) is 1.56. The van der Waals surface area contributed by atoms with Gasteiger partial charge in [0.15, 0.2) is 0 Å². The SMILES string of the molecule is COCCCNC(=O)CNCc1ccc(Cl)cc1. The van der Waals surface area contributed by atoms with E-state index in [0.29, 0.717) is 26.2 Å². The molecule has 18 heavy (non-hydrogen) atoms. The van der Waals surface area contributed by atoms with Gasteiger partial charge in [-0.1, -0.05) is 23.7 Å². The van der Waals surface area contributed by atoms with Gasteiger partial charge in [-0.15, -0.1) is 0 Å². The number of hydrogen-bond acceptors (Lipinski definition) is 3. The maximum absolute atomic E-state index is 11.4. The van der Waals surface area contributed by atoms with Gasteiger partial charge in [0, 0.05) is 31.8 Å². The van der Waals surface area contributed by atoms with E-state index in [9.17, 15) is 4.79 Å². The molecule has 0 atom stereocenters. The first-order valence-corrected chi connectivity index (χ1v) is 6.31. The van der Waals surface area contributed by atoms with E-state index in [0.717, 1.165) is 17.0 Å². The first-order valence-electron chi connectivity index (χ1n) is 5.93. The average molecular weight is 271 g/mol. The molecule has 0 bridgehead atoms. The van der Waals surface area contributed by atoms with Crippen molar-refractivity contribution < 1.29 is 9.53 Å². The largest absolute Gasteiger partial charge is 0.385 e.